The van der Waals surface area contributed by atoms with E-state index in [-0.39, 0.29) is 17.4 Å². The number of hydrogen-bond donors (Lipinski definition) is 0. The SMILES string of the molecule is CCS(=O)(=O)CC(=O)N1CC1. The molecule has 5 heteroatoms. The zero-order valence-corrected chi connectivity index (χ0v) is 7.23. The lowest BCUT2D eigenvalue weighted by Crippen LogP contribution is -2.23. The molecule has 1 aliphatic rings. The van der Waals surface area contributed by atoms with Gasteiger partial charge in [0.2, 0.25) is 5.91 Å². The van der Waals surface area contributed by atoms with E-state index in [0.29, 0.717) is 0 Å². The summed E-state index contributed by atoms with van der Waals surface area (Å²) >= 11 is 0. The third-order valence-electron chi connectivity index (χ3n) is 1.58. The average molecular weight is 177 g/mol. The van der Waals surface area contributed by atoms with Crippen molar-refractivity contribution in [2.75, 3.05) is 24.6 Å². The average Bonchev–Trinajstić information content (AvgIpc) is 2.67. The molecule has 0 unspecified atom stereocenters. The van der Waals surface area contributed by atoms with Crippen molar-refractivity contribution in [3.05, 3.63) is 0 Å². The lowest BCUT2D eigenvalue weighted by Gasteiger charge is -2.00. The lowest BCUT2D eigenvalue weighted by atomic mass is 10.7. The highest BCUT2D eigenvalue weighted by Crippen LogP contribution is 2.05. The number of carbonyl (C=O) groups is 1. The molecule has 0 bridgehead atoms. The van der Waals surface area contributed by atoms with Crippen LogP contribution in [0.3, 0.4) is 0 Å². The number of nitrogens with zero attached hydrogens (tertiary/aromatic N) is 1. The van der Waals surface area contributed by atoms with Gasteiger partial charge in [0.25, 0.3) is 0 Å². The normalized spacial score (nSPS) is 16.6. The standard InChI is InChI=1S/C6H11NO3S/c1-2-11(9,10)5-6(8)7-3-4-7/h2-5H2,1H3. The summed E-state index contributed by atoms with van der Waals surface area (Å²) in [5.74, 6) is -0.525. The molecule has 0 aromatic rings. The molecule has 0 aromatic heterocycles. The molecule has 1 heterocycles. The molecule has 0 radical (unpaired) electrons. The molecule has 1 saturated heterocycles. The topological polar surface area (TPSA) is 54.2 Å². The monoisotopic (exact) mass is 177 g/mol. The van der Waals surface area contributed by atoms with Gasteiger partial charge in [0.1, 0.15) is 5.75 Å². The minimum absolute atomic E-state index is 0.0482. The van der Waals surface area contributed by atoms with Crippen LogP contribution in [0, 0.1) is 0 Å². The Hall–Kier alpha value is -0.580. The Bertz CT molecular complexity index is 253. The summed E-state index contributed by atoms with van der Waals surface area (Å²) in [4.78, 5) is 12.4. The number of carbonyl (C=O) groups excluding carboxylic acids is 1. The molecule has 64 valence electrons. The van der Waals surface area contributed by atoms with Crippen LogP contribution in [0.5, 0.6) is 0 Å². The second-order valence-corrected chi connectivity index (χ2v) is 4.91. The summed E-state index contributed by atoms with van der Waals surface area (Å²) in [6, 6.07) is 0. The van der Waals surface area contributed by atoms with Gasteiger partial charge in [-0.1, -0.05) is 6.92 Å². The van der Waals surface area contributed by atoms with E-state index in [9.17, 15) is 13.2 Å². The predicted octanol–water partition coefficient (Wildman–Crippen LogP) is -0.737. The minimum Gasteiger partial charge on any atom is -0.338 e. The fraction of sp³-hybridized carbons (Fsp3) is 0.833. The summed E-state index contributed by atoms with van der Waals surface area (Å²) in [6.45, 7) is 2.99. The molecule has 0 atom stereocenters. The molecule has 0 spiro atoms. The molecule has 1 rings (SSSR count). The number of rotatable bonds is 3. The van der Waals surface area contributed by atoms with E-state index in [4.69, 9.17) is 0 Å². The number of hydrogen-bond acceptors (Lipinski definition) is 3. The Kier molecular flexibility index (Phi) is 2.17. The van der Waals surface area contributed by atoms with Crippen LogP contribution in [-0.4, -0.2) is 43.8 Å². The van der Waals surface area contributed by atoms with Gasteiger partial charge in [-0.2, -0.15) is 0 Å². The zero-order valence-electron chi connectivity index (χ0n) is 6.41. The van der Waals surface area contributed by atoms with Gasteiger partial charge in [0.05, 0.1) is 0 Å². The van der Waals surface area contributed by atoms with Crippen LogP contribution in [0.1, 0.15) is 6.92 Å². The van der Waals surface area contributed by atoms with Crippen molar-refractivity contribution < 1.29 is 13.2 Å². The second-order valence-electron chi connectivity index (χ2n) is 2.56. The van der Waals surface area contributed by atoms with Crippen molar-refractivity contribution in [3.8, 4) is 0 Å². The van der Waals surface area contributed by atoms with Crippen molar-refractivity contribution in [2.24, 2.45) is 0 Å². The minimum atomic E-state index is -3.11. The van der Waals surface area contributed by atoms with E-state index in [2.05, 4.69) is 0 Å². The fourth-order valence-electron chi connectivity index (χ4n) is 0.681. The Morgan fingerprint density at radius 2 is 2.00 bits per heavy atom. The smallest absolute Gasteiger partial charge is 0.237 e. The van der Waals surface area contributed by atoms with Crippen LogP contribution in [0.15, 0.2) is 0 Å². The van der Waals surface area contributed by atoms with E-state index >= 15 is 0 Å². The molecule has 0 saturated carbocycles. The summed E-state index contributed by atoms with van der Waals surface area (Å²) in [7, 11) is -3.11. The number of sulfone groups is 1. The Balaban J connectivity index is 2.47. The zero-order chi connectivity index (χ0) is 8.48. The molecule has 0 aliphatic carbocycles. The van der Waals surface area contributed by atoms with Gasteiger partial charge in [0, 0.05) is 18.8 Å². The van der Waals surface area contributed by atoms with Gasteiger partial charge in [-0.25, -0.2) is 8.42 Å². The van der Waals surface area contributed by atoms with Crippen molar-refractivity contribution in [3.63, 3.8) is 0 Å². The third kappa shape index (κ3) is 2.49. The maximum Gasteiger partial charge on any atom is 0.237 e. The highest BCUT2D eigenvalue weighted by molar-refractivity contribution is 7.92. The highest BCUT2D eigenvalue weighted by Gasteiger charge is 2.27. The summed E-state index contributed by atoms with van der Waals surface area (Å²) in [5, 5.41) is 0. The first-order valence-corrected chi connectivity index (χ1v) is 5.35. The molecule has 1 amide bonds. The molecule has 4 nitrogen and oxygen atoms in total. The van der Waals surface area contributed by atoms with E-state index in [1.54, 1.807) is 6.92 Å². The molecular formula is C6H11NO3S. The van der Waals surface area contributed by atoms with Gasteiger partial charge in [-0.3, -0.25) is 4.79 Å². The van der Waals surface area contributed by atoms with Crippen LogP contribution < -0.4 is 0 Å². The van der Waals surface area contributed by atoms with Crippen molar-refractivity contribution in [1.29, 1.82) is 0 Å². The summed E-state index contributed by atoms with van der Waals surface area (Å²) in [6.07, 6.45) is 0. The lowest BCUT2D eigenvalue weighted by molar-refractivity contribution is -0.123. The van der Waals surface area contributed by atoms with Crippen LogP contribution in [0.4, 0.5) is 0 Å². The van der Waals surface area contributed by atoms with E-state index in [0.717, 1.165) is 13.1 Å². The molecular weight excluding hydrogens is 166 g/mol. The Morgan fingerprint density at radius 3 is 2.36 bits per heavy atom. The van der Waals surface area contributed by atoms with Gasteiger partial charge in [0.15, 0.2) is 9.84 Å². The fourth-order valence-corrected chi connectivity index (χ4v) is 1.44. The van der Waals surface area contributed by atoms with Crippen molar-refractivity contribution >= 4 is 15.7 Å². The van der Waals surface area contributed by atoms with Gasteiger partial charge >= 0.3 is 0 Å². The maximum atomic E-state index is 10.9. The Morgan fingerprint density at radius 1 is 1.45 bits per heavy atom. The molecule has 1 aliphatic heterocycles. The van der Waals surface area contributed by atoms with Crippen molar-refractivity contribution in [2.45, 2.75) is 6.92 Å². The molecule has 11 heavy (non-hydrogen) atoms. The van der Waals surface area contributed by atoms with Crippen LogP contribution >= 0.6 is 0 Å². The maximum absolute atomic E-state index is 10.9. The van der Waals surface area contributed by atoms with Crippen molar-refractivity contribution in [1.82, 2.24) is 4.90 Å². The third-order valence-corrected chi connectivity index (χ3v) is 3.15. The quantitative estimate of drug-likeness (QED) is 0.534. The molecule has 0 aromatic carbocycles. The summed E-state index contributed by atoms with van der Waals surface area (Å²) < 4.78 is 21.8. The highest BCUT2D eigenvalue weighted by atomic mass is 32.2. The van der Waals surface area contributed by atoms with E-state index in [1.807, 2.05) is 0 Å². The van der Waals surface area contributed by atoms with E-state index < -0.39 is 9.84 Å². The van der Waals surface area contributed by atoms with Gasteiger partial charge in [-0.05, 0) is 0 Å². The van der Waals surface area contributed by atoms with Crippen LogP contribution in [0.2, 0.25) is 0 Å². The summed E-state index contributed by atoms with van der Waals surface area (Å²) in [5.41, 5.74) is 0. The van der Waals surface area contributed by atoms with E-state index in [1.165, 1.54) is 4.90 Å². The second kappa shape index (κ2) is 2.81. The number of amides is 1. The first-order valence-electron chi connectivity index (χ1n) is 3.53. The Labute approximate surface area is 66.1 Å². The van der Waals surface area contributed by atoms with Gasteiger partial charge in [-0.15, -0.1) is 0 Å². The van der Waals surface area contributed by atoms with Gasteiger partial charge < -0.3 is 4.90 Å². The largest absolute Gasteiger partial charge is 0.338 e. The molecule has 1 fully saturated rings. The first kappa shape index (κ1) is 8.52. The predicted molar refractivity (Wildman–Crippen MR) is 40.9 cm³/mol. The van der Waals surface area contributed by atoms with Crippen LogP contribution in [0.25, 0.3) is 0 Å². The molecule has 0 N–H and O–H groups in total. The first-order chi connectivity index (χ1) is 5.05. The van der Waals surface area contributed by atoms with Crippen LogP contribution in [-0.2, 0) is 14.6 Å².